The topological polar surface area (TPSA) is 105 Å². The van der Waals surface area contributed by atoms with Gasteiger partial charge in [0.25, 0.3) is 11.8 Å². The summed E-state index contributed by atoms with van der Waals surface area (Å²) in [5.74, 6) is 0.230. The van der Waals surface area contributed by atoms with Crippen LogP contribution in [0, 0.1) is 11.3 Å². The largest absolute Gasteiger partial charge is 0.451 e. The molecule has 2 N–H and O–H groups in total. The third-order valence-corrected chi connectivity index (χ3v) is 6.93. The van der Waals surface area contributed by atoms with Gasteiger partial charge in [0.05, 0.1) is 17.4 Å². The number of hydrogen-bond donors (Lipinski definition) is 2. The van der Waals surface area contributed by atoms with Gasteiger partial charge in [-0.1, -0.05) is 18.2 Å². The minimum atomic E-state index is -0.236. The summed E-state index contributed by atoms with van der Waals surface area (Å²) in [6.07, 6.45) is 5.93. The molecule has 0 radical (unpaired) electrons. The number of para-hydroxylation sites is 1. The summed E-state index contributed by atoms with van der Waals surface area (Å²) < 4.78 is 5.65. The van der Waals surface area contributed by atoms with Crippen molar-refractivity contribution in [3.63, 3.8) is 0 Å². The second kappa shape index (κ2) is 8.35. The molecular formula is C25H26N4O4. The maximum absolute atomic E-state index is 13.0. The van der Waals surface area contributed by atoms with Gasteiger partial charge in [0.1, 0.15) is 5.58 Å². The summed E-state index contributed by atoms with van der Waals surface area (Å²) in [7, 11) is 0. The average molecular weight is 447 g/mol. The Hall–Kier alpha value is -3.68. The Balaban J connectivity index is 1.15. The van der Waals surface area contributed by atoms with E-state index in [9.17, 15) is 14.4 Å². The molecule has 170 valence electrons. The number of pyridine rings is 1. The lowest BCUT2D eigenvalue weighted by atomic mass is 9.90. The highest BCUT2D eigenvalue weighted by Crippen LogP contribution is 2.59. The maximum atomic E-state index is 13.0. The van der Waals surface area contributed by atoms with E-state index in [-0.39, 0.29) is 23.1 Å². The number of anilines is 1. The van der Waals surface area contributed by atoms with Gasteiger partial charge in [-0.25, -0.2) is 0 Å². The lowest BCUT2D eigenvalue weighted by Crippen LogP contribution is -2.40. The van der Waals surface area contributed by atoms with E-state index < -0.39 is 0 Å². The van der Waals surface area contributed by atoms with Crippen molar-refractivity contribution in [3.8, 4) is 0 Å². The van der Waals surface area contributed by atoms with Crippen molar-refractivity contribution in [3.05, 3.63) is 60.1 Å². The molecule has 5 rings (SSSR count). The molecule has 8 nitrogen and oxygen atoms in total. The first-order valence-electron chi connectivity index (χ1n) is 11.2. The van der Waals surface area contributed by atoms with Gasteiger partial charge >= 0.3 is 0 Å². The van der Waals surface area contributed by atoms with Crippen LogP contribution >= 0.6 is 0 Å². The number of hydrogen-bond acceptors (Lipinski definition) is 5. The van der Waals surface area contributed by atoms with Crippen LogP contribution in [-0.2, 0) is 4.79 Å². The van der Waals surface area contributed by atoms with Crippen LogP contribution in [0.3, 0.4) is 0 Å². The zero-order valence-electron chi connectivity index (χ0n) is 18.5. The zero-order valence-corrected chi connectivity index (χ0v) is 18.5. The van der Waals surface area contributed by atoms with Gasteiger partial charge in [-0.05, 0) is 48.8 Å². The molecule has 33 heavy (non-hydrogen) atoms. The maximum Gasteiger partial charge on any atom is 0.287 e. The molecule has 0 bridgehead atoms. The predicted octanol–water partition coefficient (Wildman–Crippen LogP) is 3.46. The molecule has 1 aliphatic heterocycles. The minimum absolute atomic E-state index is 0.0913. The van der Waals surface area contributed by atoms with Crippen LogP contribution in [0.5, 0.6) is 0 Å². The molecule has 1 saturated carbocycles. The first-order valence-corrected chi connectivity index (χ1v) is 11.2. The molecule has 1 unspecified atom stereocenters. The number of rotatable bonds is 5. The minimum Gasteiger partial charge on any atom is -0.451 e. The fourth-order valence-corrected chi connectivity index (χ4v) is 4.93. The fourth-order valence-electron chi connectivity index (χ4n) is 4.93. The van der Waals surface area contributed by atoms with Crippen molar-refractivity contribution < 1.29 is 18.8 Å². The van der Waals surface area contributed by atoms with Crippen molar-refractivity contribution in [2.24, 2.45) is 11.3 Å². The molecule has 1 aliphatic carbocycles. The van der Waals surface area contributed by atoms with Crippen LogP contribution in [-0.4, -0.2) is 47.2 Å². The van der Waals surface area contributed by atoms with Crippen LogP contribution in [0.15, 0.2) is 53.2 Å². The fraction of sp³-hybridized carbons (Fsp3) is 0.360. The van der Waals surface area contributed by atoms with E-state index >= 15 is 0 Å². The van der Waals surface area contributed by atoms with Crippen LogP contribution < -0.4 is 10.6 Å². The number of amides is 3. The molecule has 2 aliphatic rings. The predicted molar refractivity (Wildman–Crippen MR) is 123 cm³/mol. The van der Waals surface area contributed by atoms with Gasteiger partial charge in [-0.3, -0.25) is 19.4 Å². The van der Waals surface area contributed by atoms with Crippen molar-refractivity contribution >= 4 is 34.4 Å². The standard InChI is InChI=1S/C25H26N4O4/c1-16(30)28-20-15-26-9-6-19(20)24(32)29-10-7-25(8-11-29)13-18(25)14-27-23(31)22-12-17-4-2-3-5-21(17)33-22/h2-6,9,12,15,18H,7-8,10-11,13-14H2,1H3,(H,27,31)(H,28,30). The van der Waals surface area contributed by atoms with Gasteiger partial charge in [0.2, 0.25) is 5.91 Å². The van der Waals surface area contributed by atoms with E-state index in [2.05, 4.69) is 15.6 Å². The number of nitrogens with zero attached hydrogens (tertiary/aromatic N) is 2. The van der Waals surface area contributed by atoms with Crippen molar-refractivity contribution in [1.82, 2.24) is 15.2 Å². The highest BCUT2D eigenvalue weighted by atomic mass is 16.3. The lowest BCUT2D eigenvalue weighted by molar-refractivity contribution is -0.114. The Morgan fingerprint density at radius 2 is 1.97 bits per heavy atom. The van der Waals surface area contributed by atoms with Crippen LogP contribution in [0.25, 0.3) is 11.0 Å². The normalized spacial score (nSPS) is 18.8. The van der Waals surface area contributed by atoms with E-state index in [1.807, 2.05) is 29.2 Å². The van der Waals surface area contributed by atoms with Crippen LogP contribution in [0.1, 0.15) is 47.1 Å². The number of carbonyl (C=O) groups excluding carboxylic acids is 3. The van der Waals surface area contributed by atoms with Gasteiger partial charge in [-0.2, -0.15) is 0 Å². The van der Waals surface area contributed by atoms with Crippen molar-refractivity contribution in [1.29, 1.82) is 0 Å². The molecule has 1 saturated heterocycles. The molecule has 3 aromatic rings. The number of fused-ring (bicyclic) bond motifs is 1. The highest BCUT2D eigenvalue weighted by Gasteiger charge is 2.54. The molecule has 3 heterocycles. The molecule has 1 spiro atoms. The molecule has 3 amide bonds. The summed E-state index contributed by atoms with van der Waals surface area (Å²) in [5, 5.41) is 6.62. The van der Waals surface area contributed by atoms with E-state index in [0.717, 1.165) is 24.6 Å². The zero-order chi connectivity index (χ0) is 23.0. The van der Waals surface area contributed by atoms with E-state index in [1.54, 1.807) is 18.3 Å². The number of carbonyl (C=O) groups is 3. The number of furan rings is 1. The van der Waals surface area contributed by atoms with Gasteiger partial charge in [0, 0.05) is 38.1 Å². The number of aromatic nitrogens is 1. The Morgan fingerprint density at radius 3 is 2.73 bits per heavy atom. The second-order valence-corrected chi connectivity index (χ2v) is 9.02. The Labute approximate surface area is 191 Å². The molecule has 1 atom stereocenters. The molecular weight excluding hydrogens is 420 g/mol. The van der Waals surface area contributed by atoms with Gasteiger partial charge < -0.3 is 20.0 Å². The van der Waals surface area contributed by atoms with Crippen LogP contribution in [0.4, 0.5) is 5.69 Å². The summed E-state index contributed by atoms with van der Waals surface area (Å²) in [6, 6.07) is 11.0. The van der Waals surface area contributed by atoms with Gasteiger partial charge in [0.15, 0.2) is 5.76 Å². The lowest BCUT2D eigenvalue weighted by Gasteiger charge is -2.33. The molecule has 2 aromatic heterocycles. The summed E-state index contributed by atoms with van der Waals surface area (Å²) >= 11 is 0. The highest BCUT2D eigenvalue weighted by molar-refractivity contribution is 6.03. The molecule has 2 fully saturated rings. The van der Waals surface area contributed by atoms with E-state index in [0.29, 0.717) is 48.1 Å². The quantitative estimate of drug-likeness (QED) is 0.625. The van der Waals surface area contributed by atoms with E-state index in [4.69, 9.17) is 4.42 Å². The Bertz CT molecular complexity index is 1190. The van der Waals surface area contributed by atoms with Crippen molar-refractivity contribution in [2.45, 2.75) is 26.2 Å². The average Bonchev–Trinajstić information content (AvgIpc) is 3.29. The SMILES string of the molecule is CC(=O)Nc1cnccc1C(=O)N1CCC2(CC1)CC2CNC(=O)c1cc2ccccc2o1. The number of benzene rings is 1. The Kier molecular flexibility index (Phi) is 5.36. The first kappa shape index (κ1) is 21.2. The monoisotopic (exact) mass is 446 g/mol. The number of piperidine rings is 1. The number of nitrogens with one attached hydrogen (secondary N) is 2. The van der Waals surface area contributed by atoms with Gasteiger partial charge in [-0.15, -0.1) is 0 Å². The molecule has 8 heteroatoms. The van der Waals surface area contributed by atoms with Crippen LogP contribution in [0.2, 0.25) is 0 Å². The smallest absolute Gasteiger partial charge is 0.287 e. The summed E-state index contributed by atoms with van der Waals surface area (Å²) in [5.41, 5.74) is 1.80. The number of likely N-dealkylation sites (tertiary alicyclic amines) is 1. The Morgan fingerprint density at radius 1 is 1.18 bits per heavy atom. The second-order valence-electron chi connectivity index (χ2n) is 9.02. The summed E-state index contributed by atoms with van der Waals surface area (Å²) in [4.78, 5) is 42.9. The molecule has 1 aromatic carbocycles. The van der Waals surface area contributed by atoms with Crippen molar-refractivity contribution in [2.75, 3.05) is 25.0 Å². The first-order chi connectivity index (χ1) is 15.9. The third-order valence-electron chi connectivity index (χ3n) is 6.93. The third kappa shape index (κ3) is 4.20. The summed E-state index contributed by atoms with van der Waals surface area (Å²) in [6.45, 7) is 3.34. The van der Waals surface area contributed by atoms with E-state index in [1.165, 1.54) is 13.1 Å².